The maximum absolute atomic E-state index is 12.3. The van der Waals surface area contributed by atoms with Crippen LogP contribution in [0.3, 0.4) is 0 Å². The second kappa shape index (κ2) is 4.31. The van der Waals surface area contributed by atoms with Crippen molar-refractivity contribution in [1.29, 1.82) is 0 Å². The third-order valence-electron chi connectivity index (χ3n) is 3.61. The molecular weight excluding hydrogens is 266 g/mol. The van der Waals surface area contributed by atoms with Crippen molar-refractivity contribution >= 4 is 16.0 Å². The number of carboxylic acids is 1. The van der Waals surface area contributed by atoms with Gasteiger partial charge in [0, 0.05) is 6.04 Å². The molecule has 0 bridgehead atoms. The SMILES string of the molecule is Cc1c(C(=O)O)cccc1S(=O)(=O)NC1CC1(C)C. The average molecular weight is 283 g/mol. The fourth-order valence-electron chi connectivity index (χ4n) is 2.06. The maximum atomic E-state index is 12.3. The number of hydrogen-bond acceptors (Lipinski definition) is 3. The number of benzene rings is 1. The Morgan fingerprint density at radius 2 is 2.00 bits per heavy atom. The molecule has 0 heterocycles. The van der Waals surface area contributed by atoms with E-state index < -0.39 is 16.0 Å². The quantitative estimate of drug-likeness (QED) is 0.882. The molecule has 6 heteroatoms. The zero-order valence-corrected chi connectivity index (χ0v) is 11.9. The maximum Gasteiger partial charge on any atom is 0.335 e. The molecule has 104 valence electrons. The number of carbonyl (C=O) groups is 1. The van der Waals surface area contributed by atoms with E-state index in [1.165, 1.54) is 25.1 Å². The van der Waals surface area contributed by atoms with Crippen LogP contribution in [-0.4, -0.2) is 25.5 Å². The number of carboxylic acid groups (broad SMARTS) is 1. The van der Waals surface area contributed by atoms with Crippen molar-refractivity contribution in [2.75, 3.05) is 0 Å². The fourth-order valence-corrected chi connectivity index (χ4v) is 3.73. The van der Waals surface area contributed by atoms with Crippen molar-refractivity contribution in [2.45, 2.75) is 38.1 Å². The molecule has 1 atom stereocenters. The van der Waals surface area contributed by atoms with Crippen LogP contribution in [0.5, 0.6) is 0 Å². The number of nitrogens with one attached hydrogen (secondary N) is 1. The van der Waals surface area contributed by atoms with Crippen molar-refractivity contribution < 1.29 is 18.3 Å². The molecule has 0 radical (unpaired) electrons. The van der Waals surface area contributed by atoms with Crippen molar-refractivity contribution in [2.24, 2.45) is 5.41 Å². The van der Waals surface area contributed by atoms with Gasteiger partial charge in [-0.1, -0.05) is 19.9 Å². The highest BCUT2D eigenvalue weighted by atomic mass is 32.2. The second-order valence-corrected chi connectivity index (χ2v) is 7.28. The molecular formula is C13H17NO4S. The Morgan fingerprint density at radius 3 is 2.47 bits per heavy atom. The van der Waals surface area contributed by atoms with Gasteiger partial charge in [0.2, 0.25) is 10.0 Å². The van der Waals surface area contributed by atoms with Gasteiger partial charge in [-0.3, -0.25) is 0 Å². The van der Waals surface area contributed by atoms with Crippen LogP contribution in [0.2, 0.25) is 0 Å². The van der Waals surface area contributed by atoms with E-state index in [4.69, 9.17) is 5.11 Å². The Morgan fingerprint density at radius 1 is 1.42 bits per heavy atom. The molecule has 5 nitrogen and oxygen atoms in total. The number of sulfonamides is 1. The van der Waals surface area contributed by atoms with E-state index in [-0.39, 0.29) is 27.5 Å². The lowest BCUT2D eigenvalue weighted by molar-refractivity contribution is 0.0696. The third kappa shape index (κ3) is 2.64. The summed E-state index contributed by atoms with van der Waals surface area (Å²) in [5.74, 6) is -1.12. The summed E-state index contributed by atoms with van der Waals surface area (Å²) in [5.41, 5.74) is 0.254. The normalized spacial score (nSPS) is 21.1. The smallest absolute Gasteiger partial charge is 0.335 e. The van der Waals surface area contributed by atoms with E-state index in [0.29, 0.717) is 0 Å². The van der Waals surface area contributed by atoms with Gasteiger partial charge in [0.25, 0.3) is 0 Å². The van der Waals surface area contributed by atoms with Crippen LogP contribution in [-0.2, 0) is 10.0 Å². The zero-order valence-electron chi connectivity index (χ0n) is 11.1. The first-order chi connectivity index (χ1) is 8.65. The van der Waals surface area contributed by atoms with Crippen molar-refractivity contribution in [3.63, 3.8) is 0 Å². The summed E-state index contributed by atoms with van der Waals surface area (Å²) in [6.45, 7) is 5.48. The van der Waals surface area contributed by atoms with Crippen LogP contribution in [0.1, 0.15) is 36.2 Å². The van der Waals surface area contributed by atoms with Crippen LogP contribution >= 0.6 is 0 Å². The molecule has 2 N–H and O–H groups in total. The van der Waals surface area contributed by atoms with Gasteiger partial charge in [-0.2, -0.15) is 0 Å². The van der Waals surface area contributed by atoms with Crippen molar-refractivity contribution in [3.8, 4) is 0 Å². The summed E-state index contributed by atoms with van der Waals surface area (Å²) >= 11 is 0. The lowest BCUT2D eigenvalue weighted by Gasteiger charge is -2.11. The third-order valence-corrected chi connectivity index (χ3v) is 5.23. The molecule has 1 unspecified atom stereocenters. The lowest BCUT2D eigenvalue weighted by atomic mass is 10.1. The number of rotatable bonds is 4. The monoisotopic (exact) mass is 283 g/mol. The van der Waals surface area contributed by atoms with Gasteiger partial charge < -0.3 is 5.11 Å². The van der Waals surface area contributed by atoms with Gasteiger partial charge in [0.05, 0.1) is 10.5 Å². The van der Waals surface area contributed by atoms with Crippen LogP contribution in [0.15, 0.2) is 23.1 Å². The first-order valence-electron chi connectivity index (χ1n) is 6.00. The molecule has 19 heavy (non-hydrogen) atoms. The van der Waals surface area contributed by atoms with Gasteiger partial charge in [0.15, 0.2) is 0 Å². The van der Waals surface area contributed by atoms with E-state index >= 15 is 0 Å². The second-order valence-electron chi connectivity index (χ2n) is 5.60. The molecule has 1 aromatic carbocycles. The minimum atomic E-state index is -3.67. The summed E-state index contributed by atoms with van der Waals surface area (Å²) in [7, 11) is -3.67. The zero-order chi connectivity index (χ0) is 14.4. The number of hydrogen-bond donors (Lipinski definition) is 2. The van der Waals surface area contributed by atoms with Crippen LogP contribution in [0, 0.1) is 12.3 Å². The Hall–Kier alpha value is -1.40. The molecule has 0 spiro atoms. The fraction of sp³-hybridized carbons (Fsp3) is 0.462. The highest BCUT2D eigenvalue weighted by Gasteiger charge is 2.48. The van der Waals surface area contributed by atoms with E-state index in [0.717, 1.165) is 6.42 Å². The molecule has 0 aliphatic heterocycles. The van der Waals surface area contributed by atoms with Gasteiger partial charge in [-0.15, -0.1) is 0 Å². The first-order valence-corrected chi connectivity index (χ1v) is 7.49. The molecule has 1 fully saturated rings. The van der Waals surface area contributed by atoms with Gasteiger partial charge >= 0.3 is 5.97 Å². The summed E-state index contributed by atoms with van der Waals surface area (Å²) in [4.78, 5) is 11.1. The highest BCUT2D eigenvalue weighted by Crippen LogP contribution is 2.45. The molecule has 0 aromatic heterocycles. The Bertz CT molecular complexity index is 634. The summed E-state index contributed by atoms with van der Waals surface area (Å²) in [5, 5.41) is 9.02. The average Bonchev–Trinajstić information content (AvgIpc) is 2.84. The van der Waals surface area contributed by atoms with Crippen LogP contribution in [0.4, 0.5) is 0 Å². The van der Waals surface area contributed by atoms with Gasteiger partial charge in [-0.25, -0.2) is 17.9 Å². The van der Waals surface area contributed by atoms with Crippen molar-refractivity contribution in [3.05, 3.63) is 29.3 Å². The van der Waals surface area contributed by atoms with Gasteiger partial charge in [0.1, 0.15) is 0 Å². The van der Waals surface area contributed by atoms with E-state index in [9.17, 15) is 13.2 Å². The van der Waals surface area contributed by atoms with E-state index in [1.807, 2.05) is 13.8 Å². The molecule has 1 saturated carbocycles. The predicted molar refractivity (Wildman–Crippen MR) is 70.6 cm³/mol. The largest absolute Gasteiger partial charge is 0.478 e. The molecule has 1 aliphatic rings. The molecule has 0 amide bonds. The Labute approximate surface area is 112 Å². The Kier molecular flexibility index (Phi) is 3.18. The first kappa shape index (κ1) is 14.0. The molecule has 1 aromatic rings. The lowest BCUT2D eigenvalue weighted by Crippen LogP contribution is -2.29. The molecule has 2 rings (SSSR count). The minimum Gasteiger partial charge on any atom is -0.478 e. The van der Waals surface area contributed by atoms with E-state index in [1.54, 1.807) is 0 Å². The topological polar surface area (TPSA) is 83.5 Å². The van der Waals surface area contributed by atoms with Crippen LogP contribution in [0.25, 0.3) is 0 Å². The van der Waals surface area contributed by atoms with E-state index in [2.05, 4.69) is 4.72 Å². The summed E-state index contributed by atoms with van der Waals surface area (Å²) < 4.78 is 27.1. The summed E-state index contributed by atoms with van der Waals surface area (Å²) in [6.07, 6.45) is 0.796. The standard InChI is InChI=1S/C13H17NO4S/c1-8-9(12(15)16)5-4-6-10(8)19(17,18)14-11-7-13(11,2)3/h4-6,11,14H,7H2,1-3H3,(H,15,16). The van der Waals surface area contributed by atoms with Crippen LogP contribution < -0.4 is 4.72 Å². The molecule has 1 aliphatic carbocycles. The molecule has 0 saturated heterocycles. The van der Waals surface area contributed by atoms with Gasteiger partial charge in [-0.05, 0) is 36.5 Å². The minimum absolute atomic E-state index is 0.0120. The highest BCUT2D eigenvalue weighted by molar-refractivity contribution is 7.89. The summed E-state index contributed by atoms with van der Waals surface area (Å²) in [6, 6.07) is 4.20. The Balaban J connectivity index is 2.36. The van der Waals surface area contributed by atoms with Crippen molar-refractivity contribution in [1.82, 2.24) is 4.72 Å². The predicted octanol–water partition coefficient (Wildman–Crippen LogP) is 1.77. The number of aromatic carboxylic acids is 1.